The third-order valence-electron chi connectivity index (χ3n) is 4.95. The molecule has 1 aromatic heterocycles. The predicted octanol–water partition coefficient (Wildman–Crippen LogP) is 3.08. The van der Waals surface area contributed by atoms with Crippen molar-refractivity contribution in [1.29, 1.82) is 0 Å². The third-order valence-corrected chi connectivity index (χ3v) is 7.39. The van der Waals surface area contributed by atoms with E-state index in [2.05, 4.69) is 20.6 Å². The van der Waals surface area contributed by atoms with E-state index < -0.39 is 10.0 Å². The molecular formula is C19H26FN3O2S2. The molecule has 0 amide bonds. The van der Waals surface area contributed by atoms with Crippen molar-refractivity contribution in [3.63, 3.8) is 0 Å². The van der Waals surface area contributed by atoms with Crippen LogP contribution in [0, 0.1) is 5.82 Å². The zero-order chi connectivity index (χ0) is 19.4. The number of thiophene rings is 1. The maximum Gasteiger partial charge on any atom is 0.211 e. The lowest BCUT2D eigenvalue weighted by Gasteiger charge is -2.42. The van der Waals surface area contributed by atoms with Gasteiger partial charge in [0.1, 0.15) is 5.82 Å². The van der Waals surface area contributed by atoms with Gasteiger partial charge in [0.2, 0.25) is 10.0 Å². The Morgan fingerprint density at radius 3 is 2.37 bits per heavy atom. The monoisotopic (exact) mass is 411 g/mol. The molecule has 148 valence electrons. The normalized spacial score (nSPS) is 18.4. The van der Waals surface area contributed by atoms with E-state index in [1.807, 2.05) is 18.4 Å². The number of nitrogens with zero attached hydrogens (tertiary/aromatic N) is 2. The first-order valence-electron chi connectivity index (χ1n) is 9.17. The minimum atomic E-state index is -3.27. The van der Waals surface area contributed by atoms with Crippen LogP contribution in [-0.4, -0.2) is 51.3 Å². The molecule has 1 fully saturated rings. The molecule has 8 heteroatoms. The van der Waals surface area contributed by atoms with E-state index in [0.717, 1.165) is 36.7 Å². The quantitative estimate of drug-likeness (QED) is 0.761. The second-order valence-corrected chi connectivity index (χ2v) is 9.79. The minimum absolute atomic E-state index is 0.00157. The van der Waals surface area contributed by atoms with Crippen LogP contribution in [0.3, 0.4) is 0 Å². The Bertz CT molecular complexity index is 817. The van der Waals surface area contributed by atoms with Gasteiger partial charge in [0.25, 0.3) is 0 Å². The highest BCUT2D eigenvalue weighted by Crippen LogP contribution is 2.30. The van der Waals surface area contributed by atoms with Crippen LogP contribution in [0.15, 0.2) is 41.8 Å². The van der Waals surface area contributed by atoms with Gasteiger partial charge in [-0.15, -0.1) is 11.3 Å². The predicted molar refractivity (Wildman–Crippen MR) is 109 cm³/mol. The van der Waals surface area contributed by atoms with Crippen LogP contribution in [0.5, 0.6) is 0 Å². The molecular weight excluding hydrogens is 385 g/mol. The summed E-state index contributed by atoms with van der Waals surface area (Å²) >= 11 is 1.65. The van der Waals surface area contributed by atoms with Crippen molar-refractivity contribution in [2.24, 2.45) is 0 Å². The van der Waals surface area contributed by atoms with E-state index in [-0.39, 0.29) is 23.7 Å². The first-order valence-corrected chi connectivity index (χ1v) is 11.7. The molecule has 3 rings (SSSR count). The smallest absolute Gasteiger partial charge is 0.211 e. The van der Waals surface area contributed by atoms with Crippen molar-refractivity contribution in [2.45, 2.75) is 25.9 Å². The highest BCUT2D eigenvalue weighted by atomic mass is 32.2. The molecule has 1 aliphatic rings. The molecule has 0 saturated carbocycles. The molecule has 2 atom stereocenters. The van der Waals surface area contributed by atoms with Crippen LogP contribution in [0.4, 0.5) is 10.1 Å². The highest BCUT2D eigenvalue weighted by molar-refractivity contribution is 7.89. The Balaban J connectivity index is 1.72. The maximum absolute atomic E-state index is 13.2. The van der Waals surface area contributed by atoms with Gasteiger partial charge in [-0.05, 0) is 49.6 Å². The molecule has 27 heavy (non-hydrogen) atoms. The first-order chi connectivity index (χ1) is 12.9. The molecule has 0 bridgehead atoms. The zero-order valence-electron chi connectivity index (χ0n) is 15.6. The second-order valence-electron chi connectivity index (χ2n) is 6.77. The number of hydrogen-bond donors (Lipinski definition) is 1. The highest BCUT2D eigenvalue weighted by Gasteiger charge is 2.31. The summed E-state index contributed by atoms with van der Waals surface area (Å²) in [6, 6.07) is 10.4. The van der Waals surface area contributed by atoms with Gasteiger partial charge in [-0.2, -0.15) is 0 Å². The van der Waals surface area contributed by atoms with Gasteiger partial charge < -0.3 is 4.90 Å². The van der Waals surface area contributed by atoms with E-state index in [4.69, 9.17) is 0 Å². The van der Waals surface area contributed by atoms with Crippen molar-refractivity contribution in [3.05, 3.63) is 52.5 Å². The van der Waals surface area contributed by atoms with Crippen molar-refractivity contribution in [2.75, 3.05) is 36.8 Å². The molecule has 5 nitrogen and oxygen atoms in total. The average Bonchev–Trinajstić information content (AvgIpc) is 3.17. The lowest BCUT2D eigenvalue weighted by molar-refractivity contribution is 0.164. The molecule has 1 N–H and O–H groups in total. The van der Waals surface area contributed by atoms with Crippen molar-refractivity contribution in [3.8, 4) is 0 Å². The fourth-order valence-corrected chi connectivity index (χ4v) is 5.37. The maximum atomic E-state index is 13.2. The first kappa shape index (κ1) is 20.3. The molecule has 1 aliphatic heterocycles. The Labute approximate surface area is 164 Å². The van der Waals surface area contributed by atoms with Crippen LogP contribution in [0.1, 0.15) is 24.8 Å². The molecule has 2 aromatic rings. The summed E-state index contributed by atoms with van der Waals surface area (Å²) in [5.74, 6) is -0.153. The van der Waals surface area contributed by atoms with E-state index in [9.17, 15) is 12.8 Å². The molecule has 1 saturated heterocycles. The number of nitrogens with one attached hydrogen (secondary N) is 1. The largest absolute Gasteiger partial charge is 0.369 e. The Hall–Kier alpha value is -1.48. The molecule has 0 spiro atoms. The van der Waals surface area contributed by atoms with Crippen LogP contribution < -0.4 is 9.62 Å². The summed E-state index contributed by atoms with van der Waals surface area (Å²) in [7, 11) is -3.27. The standard InChI is InChI=1S/C19H26FN3O2S2/c1-3-27(24,25)21-15(2)19(18-5-4-14-26-18)23-12-10-22(11-13-23)17-8-6-16(20)7-9-17/h4-9,14-15,19,21H,3,10-13H2,1-2H3/t15-,19+/m0/s1. The van der Waals surface area contributed by atoms with Crippen LogP contribution in [0.2, 0.25) is 0 Å². The van der Waals surface area contributed by atoms with E-state index in [1.165, 1.54) is 12.1 Å². The van der Waals surface area contributed by atoms with Gasteiger partial charge in [-0.3, -0.25) is 4.90 Å². The number of benzene rings is 1. The lowest BCUT2D eigenvalue weighted by atomic mass is 10.1. The van der Waals surface area contributed by atoms with Crippen LogP contribution in [0.25, 0.3) is 0 Å². The number of piperazine rings is 1. The number of sulfonamides is 1. The van der Waals surface area contributed by atoms with Gasteiger partial charge in [-0.1, -0.05) is 6.07 Å². The molecule has 0 aliphatic carbocycles. The number of anilines is 1. The molecule has 1 aromatic carbocycles. The van der Waals surface area contributed by atoms with Gasteiger partial charge in [-0.25, -0.2) is 17.5 Å². The van der Waals surface area contributed by atoms with Crippen LogP contribution >= 0.6 is 11.3 Å². The summed E-state index contributed by atoms with van der Waals surface area (Å²) in [6.45, 7) is 6.86. The number of rotatable bonds is 7. The Kier molecular flexibility index (Phi) is 6.52. The summed E-state index contributed by atoms with van der Waals surface area (Å²) in [6.07, 6.45) is 0. The Morgan fingerprint density at radius 1 is 1.15 bits per heavy atom. The summed E-state index contributed by atoms with van der Waals surface area (Å²) in [5, 5.41) is 2.03. The summed E-state index contributed by atoms with van der Waals surface area (Å²) in [4.78, 5) is 5.74. The van der Waals surface area contributed by atoms with Gasteiger partial charge in [0, 0.05) is 42.8 Å². The molecule has 0 radical (unpaired) electrons. The van der Waals surface area contributed by atoms with E-state index >= 15 is 0 Å². The number of hydrogen-bond acceptors (Lipinski definition) is 5. The fourth-order valence-electron chi connectivity index (χ4n) is 3.54. The van der Waals surface area contributed by atoms with Gasteiger partial charge in [0.15, 0.2) is 0 Å². The van der Waals surface area contributed by atoms with Gasteiger partial charge in [0.05, 0.1) is 11.8 Å². The second kappa shape index (κ2) is 8.68. The summed E-state index contributed by atoms with van der Waals surface area (Å²) in [5.41, 5.74) is 1.02. The Morgan fingerprint density at radius 2 is 1.81 bits per heavy atom. The zero-order valence-corrected chi connectivity index (χ0v) is 17.3. The SMILES string of the molecule is CCS(=O)(=O)N[C@@H](C)[C@H](c1cccs1)N1CCN(c2ccc(F)cc2)CC1. The van der Waals surface area contributed by atoms with Crippen molar-refractivity contribution < 1.29 is 12.8 Å². The molecule has 2 heterocycles. The van der Waals surface area contributed by atoms with Crippen molar-refractivity contribution >= 4 is 27.0 Å². The third kappa shape index (κ3) is 5.07. The molecule has 0 unspecified atom stereocenters. The topological polar surface area (TPSA) is 52.7 Å². The lowest BCUT2D eigenvalue weighted by Crippen LogP contribution is -2.52. The van der Waals surface area contributed by atoms with Crippen LogP contribution in [-0.2, 0) is 10.0 Å². The van der Waals surface area contributed by atoms with Crippen molar-refractivity contribution in [1.82, 2.24) is 9.62 Å². The minimum Gasteiger partial charge on any atom is -0.369 e. The number of halogens is 1. The van der Waals surface area contributed by atoms with Gasteiger partial charge >= 0.3 is 0 Å². The summed E-state index contributed by atoms with van der Waals surface area (Å²) < 4.78 is 40.1. The van der Waals surface area contributed by atoms with E-state index in [0.29, 0.717) is 0 Å². The fraction of sp³-hybridized carbons (Fsp3) is 0.474. The van der Waals surface area contributed by atoms with E-state index in [1.54, 1.807) is 30.4 Å². The average molecular weight is 412 g/mol.